The zero-order valence-electron chi connectivity index (χ0n) is 10.6. The molecule has 1 aromatic heterocycles. The maximum absolute atomic E-state index is 9.10. The van der Waals surface area contributed by atoms with E-state index in [1.54, 1.807) is 6.92 Å². The van der Waals surface area contributed by atoms with E-state index in [4.69, 9.17) is 9.63 Å². The minimum atomic E-state index is 0.0589. The van der Waals surface area contributed by atoms with Crippen molar-refractivity contribution >= 4 is 0 Å². The Bertz CT molecular complexity index is 510. The van der Waals surface area contributed by atoms with Crippen LogP contribution in [0.25, 0.3) is 0 Å². The topological polar surface area (TPSA) is 71.2 Å². The molecular formula is C13H17N3O2. The largest absolute Gasteiger partial charge is 0.392 e. The van der Waals surface area contributed by atoms with Gasteiger partial charge in [0, 0.05) is 6.04 Å². The lowest BCUT2D eigenvalue weighted by Gasteiger charge is -2.13. The SMILES string of the molecule is Cc1noc(CNC(C)c2cccc(CO)c2)n1. The zero-order valence-corrected chi connectivity index (χ0v) is 10.6. The molecule has 96 valence electrons. The van der Waals surface area contributed by atoms with E-state index in [9.17, 15) is 0 Å². The van der Waals surface area contributed by atoms with Gasteiger partial charge in [0.25, 0.3) is 0 Å². The van der Waals surface area contributed by atoms with E-state index in [2.05, 4.69) is 22.4 Å². The van der Waals surface area contributed by atoms with E-state index in [1.165, 1.54) is 0 Å². The number of hydrogen-bond acceptors (Lipinski definition) is 5. The summed E-state index contributed by atoms with van der Waals surface area (Å²) in [6.07, 6.45) is 0. The number of aryl methyl sites for hydroxylation is 1. The highest BCUT2D eigenvalue weighted by Crippen LogP contribution is 2.14. The standard InChI is InChI=1S/C13H17N3O2/c1-9(12-5-3-4-11(6-12)8-17)14-7-13-15-10(2)16-18-13/h3-6,9,14,17H,7-8H2,1-2H3. The van der Waals surface area contributed by atoms with Gasteiger partial charge in [-0.1, -0.05) is 29.4 Å². The van der Waals surface area contributed by atoms with Crippen molar-refractivity contribution < 1.29 is 9.63 Å². The van der Waals surface area contributed by atoms with Gasteiger partial charge in [0.05, 0.1) is 13.2 Å². The van der Waals surface area contributed by atoms with Gasteiger partial charge >= 0.3 is 0 Å². The second-order valence-electron chi connectivity index (χ2n) is 4.24. The highest BCUT2D eigenvalue weighted by Gasteiger charge is 2.08. The molecule has 1 heterocycles. The monoisotopic (exact) mass is 247 g/mol. The maximum Gasteiger partial charge on any atom is 0.240 e. The molecule has 0 saturated carbocycles. The van der Waals surface area contributed by atoms with Crippen LogP contribution in [-0.4, -0.2) is 15.2 Å². The normalized spacial score (nSPS) is 12.6. The third-order valence-electron chi connectivity index (χ3n) is 2.76. The van der Waals surface area contributed by atoms with E-state index in [-0.39, 0.29) is 12.6 Å². The molecular weight excluding hydrogens is 230 g/mol. The molecule has 1 unspecified atom stereocenters. The summed E-state index contributed by atoms with van der Waals surface area (Å²) < 4.78 is 5.03. The molecule has 2 N–H and O–H groups in total. The van der Waals surface area contributed by atoms with Gasteiger partial charge in [-0.3, -0.25) is 0 Å². The first-order chi connectivity index (χ1) is 8.69. The summed E-state index contributed by atoms with van der Waals surface area (Å²) in [5, 5.41) is 16.1. The van der Waals surface area contributed by atoms with Gasteiger partial charge in [-0.05, 0) is 25.0 Å². The van der Waals surface area contributed by atoms with Crippen LogP contribution < -0.4 is 5.32 Å². The number of hydrogen-bond donors (Lipinski definition) is 2. The van der Waals surface area contributed by atoms with E-state index in [0.29, 0.717) is 18.3 Å². The van der Waals surface area contributed by atoms with Crippen LogP contribution in [0.15, 0.2) is 28.8 Å². The van der Waals surface area contributed by atoms with Crippen LogP contribution in [0.4, 0.5) is 0 Å². The number of nitrogens with zero attached hydrogens (tertiary/aromatic N) is 2. The number of benzene rings is 1. The quantitative estimate of drug-likeness (QED) is 0.841. The number of aliphatic hydroxyl groups is 1. The lowest BCUT2D eigenvalue weighted by atomic mass is 10.1. The van der Waals surface area contributed by atoms with Crippen molar-refractivity contribution in [3.05, 3.63) is 47.1 Å². The molecule has 1 atom stereocenters. The summed E-state index contributed by atoms with van der Waals surface area (Å²) >= 11 is 0. The van der Waals surface area contributed by atoms with Gasteiger partial charge in [-0.2, -0.15) is 4.98 Å². The average molecular weight is 247 g/mol. The van der Waals surface area contributed by atoms with E-state index < -0.39 is 0 Å². The zero-order chi connectivity index (χ0) is 13.0. The Kier molecular flexibility index (Phi) is 4.07. The molecule has 18 heavy (non-hydrogen) atoms. The molecule has 1 aromatic carbocycles. The number of rotatable bonds is 5. The molecule has 5 heteroatoms. The van der Waals surface area contributed by atoms with Gasteiger partial charge in [-0.25, -0.2) is 0 Å². The van der Waals surface area contributed by atoms with Gasteiger partial charge in [-0.15, -0.1) is 0 Å². The molecule has 2 rings (SSSR count). The van der Waals surface area contributed by atoms with Gasteiger partial charge in [0.2, 0.25) is 5.89 Å². The minimum absolute atomic E-state index is 0.0589. The molecule has 2 aromatic rings. The van der Waals surface area contributed by atoms with Gasteiger partial charge < -0.3 is 14.9 Å². The summed E-state index contributed by atoms with van der Waals surface area (Å²) in [5.74, 6) is 1.22. The van der Waals surface area contributed by atoms with Crippen LogP contribution in [0, 0.1) is 6.92 Å². The van der Waals surface area contributed by atoms with Crippen molar-refractivity contribution in [2.24, 2.45) is 0 Å². The van der Waals surface area contributed by atoms with Crippen LogP contribution in [0.5, 0.6) is 0 Å². The fourth-order valence-corrected chi connectivity index (χ4v) is 1.73. The van der Waals surface area contributed by atoms with Crippen molar-refractivity contribution in [2.75, 3.05) is 0 Å². The van der Waals surface area contributed by atoms with Crippen molar-refractivity contribution in [3.8, 4) is 0 Å². The van der Waals surface area contributed by atoms with E-state index in [0.717, 1.165) is 11.1 Å². The van der Waals surface area contributed by atoms with Crippen LogP contribution in [0.2, 0.25) is 0 Å². The summed E-state index contributed by atoms with van der Waals surface area (Å²) in [7, 11) is 0. The number of aromatic nitrogens is 2. The molecule has 0 aliphatic carbocycles. The van der Waals surface area contributed by atoms with Gasteiger partial charge in [0.15, 0.2) is 5.82 Å². The summed E-state index contributed by atoms with van der Waals surface area (Å²) in [6, 6.07) is 8.00. The third-order valence-corrected chi connectivity index (χ3v) is 2.76. The molecule has 0 saturated heterocycles. The second-order valence-corrected chi connectivity index (χ2v) is 4.24. The number of nitrogens with one attached hydrogen (secondary N) is 1. The van der Waals surface area contributed by atoms with Crippen molar-refractivity contribution in [2.45, 2.75) is 33.0 Å². The van der Waals surface area contributed by atoms with Crippen LogP contribution in [0.1, 0.15) is 35.8 Å². The first-order valence-electron chi connectivity index (χ1n) is 5.91. The van der Waals surface area contributed by atoms with Gasteiger partial charge in [0.1, 0.15) is 0 Å². The first kappa shape index (κ1) is 12.7. The fourth-order valence-electron chi connectivity index (χ4n) is 1.73. The highest BCUT2D eigenvalue weighted by molar-refractivity contribution is 5.25. The van der Waals surface area contributed by atoms with E-state index in [1.807, 2.05) is 24.3 Å². The molecule has 0 radical (unpaired) electrons. The minimum Gasteiger partial charge on any atom is -0.392 e. The highest BCUT2D eigenvalue weighted by atomic mass is 16.5. The smallest absolute Gasteiger partial charge is 0.240 e. The fraction of sp³-hybridized carbons (Fsp3) is 0.385. The predicted molar refractivity (Wildman–Crippen MR) is 66.7 cm³/mol. The molecule has 0 aliphatic heterocycles. The maximum atomic E-state index is 9.10. The summed E-state index contributed by atoms with van der Waals surface area (Å²) in [5.41, 5.74) is 2.03. The van der Waals surface area contributed by atoms with Crippen molar-refractivity contribution in [1.29, 1.82) is 0 Å². The summed E-state index contributed by atoms with van der Waals surface area (Å²) in [6.45, 7) is 4.44. The Labute approximate surface area is 106 Å². The Balaban J connectivity index is 1.96. The van der Waals surface area contributed by atoms with Crippen LogP contribution in [0.3, 0.4) is 0 Å². The lowest BCUT2D eigenvalue weighted by Crippen LogP contribution is -2.18. The number of aliphatic hydroxyl groups excluding tert-OH is 1. The Morgan fingerprint density at radius 2 is 2.28 bits per heavy atom. The lowest BCUT2D eigenvalue weighted by molar-refractivity contribution is 0.281. The molecule has 0 fully saturated rings. The molecule has 5 nitrogen and oxygen atoms in total. The molecule has 0 bridgehead atoms. The van der Waals surface area contributed by atoms with E-state index >= 15 is 0 Å². The van der Waals surface area contributed by atoms with Crippen LogP contribution in [-0.2, 0) is 13.2 Å². The molecule has 0 spiro atoms. The van der Waals surface area contributed by atoms with Crippen LogP contribution >= 0.6 is 0 Å². The Hall–Kier alpha value is -1.72. The van der Waals surface area contributed by atoms with Crippen molar-refractivity contribution in [1.82, 2.24) is 15.5 Å². The predicted octanol–water partition coefficient (Wildman–Crippen LogP) is 1.72. The van der Waals surface area contributed by atoms with Crippen molar-refractivity contribution in [3.63, 3.8) is 0 Å². The molecule has 0 amide bonds. The summed E-state index contributed by atoms with van der Waals surface area (Å²) in [4.78, 5) is 4.13. The Morgan fingerprint density at radius 1 is 1.44 bits per heavy atom. The first-order valence-corrected chi connectivity index (χ1v) is 5.91. The molecule has 0 aliphatic rings. The second kappa shape index (κ2) is 5.75. The average Bonchev–Trinajstić information content (AvgIpc) is 2.82. The Morgan fingerprint density at radius 3 is 2.94 bits per heavy atom. The third kappa shape index (κ3) is 3.15.